The number of aromatic amines is 1. The first-order valence-electron chi connectivity index (χ1n) is 5.71. The molecule has 1 aliphatic carbocycles. The number of furan rings is 1. The molecule has 0 fully saturated rings. The van der Waals surface area contributed by atoms with Gasteiger partial charge in [0.1, 0.15) is 11.5 Å². The number of nitrogens with zero attached hydrogens (tertiary/aromatic N) is 1. The van der Waals surface area contributed by atoms with Crippen LogP contribution in [0.4, 0.5) is 0 Å². The normalized spacial score (nSPS) is 18.7. The van der Waals surface area contributed by atoms with E-state index in [0.29, 0.717) is 5.69 Å². The van der Waals surface area contributed by atoms with Gasteiger partial charge in [-0.2, -0.15) is 5.10 Å². The van der Waals surface area contributed by atoms with Gasteiger partial charge in [0.2, 0.25) is 0 Å². The van der Waals surface area contributed by atoms with Gasteiger partial charge in [0.25, 0.3) is 5.91 Å². The van der Waals surface area contributed by atoms with E-state index >= 15 is 0 Å². The van der Waals surface area contributed by atoms with Crippen LogP contribution in [-0.4, -0.2) is 16.1 Å². The van der Waals surface area contributed by atoms with E-state index in [1.54, 1.807) is 18.5 Å². The highest BCUT2D eigenvalue weighted by molar-refractivity contribution is 5.92. The Hall–Kier alpha value is -2.04. The second-order valence-corrected chi connectivity index (χ2v) is 4.19. The summed E-state index contributed by atoms with van der Waals surface area (Å²) in [5.74, 6) is 0.868. The first kappa shape index (κ1) is 10.1. The predicted octanol–water partition coefficient (Wildman–Crippen LogP) is 1.81. The number of nitrogens with one attached hydrogen (secondary N) is 2. The number of aryl methyl sites for hydroxylation is 1. The molecule has 5 heteroatoms. The SMILES string of the molecule is O=C(N[C@@H]1CCCc2occc21)c1ccn[nH]1. The highest BCUT2D eigenvalue weighted by Gasteiger charge is 2.24. The molecule has 0 bridgehead atoms. The highest BCUT2D eigenvalue weighted by Crippen LogP contribution is 2.30. The van der Waals surface area contributed by atoms with Crippen LogP contribution in [0.25, 0.3) is 0 Å². The fourth-order valence-electron chi connectivity index (χ4n) is 2.25. The van der Waals surface area contributed by atoms with Crippen molar-refractivity contribution < 1.29 is 9.21 Å². The number of carbonyl (C=O) groups excluding carboxylic acids is 1. The zero-order valence-corrected chi connectivity index (χ0v) is 9.27. The Bertz CT molecular complexity index is 516. The smallest absolute Gasteiger partial charge is 0.269 e. The van der Waals surface area contributed by atoms with Crippen LogP contribution in [0, 0.1) is 0 Å². The van der Waals surface area contributed by atoms with E-state index in [1.807, 2.05) is 6.07 Å². The van der Waals surface area contributed by atoms with Crippen molar-refractivity contribution in [2.75, 3.05) is 0 Å². The molecule has 0 aliphatic heterocycles. The van der Waals surface area contributed by atoms with Crippen molar-refractivity contribution in [2.45, 2.75) is 25.3 Å². The minimum atomic E-state index is -0.124. The molecule has 88 valence electrons. The molecule has 2 aromatic heterocycles. The van der Waals surface area contributed by atoms with E-state index in [1.165, 1.54) is 0 Å². The van der Waals surface area contributed by atoms with Crippen LogP contribution in [0.3, 0.4) is 0 Å². The lowest BCUT2D eigenvalue weighted by atomic mass is 9.93. The van der Waals surface area contributed by atoms with Gasteiger partial charge in [-0.15, -0.1) is 0 Å². The first-order valence-corrected chi connectivity index (χ1v) is 5.71. The van der Waals surface area contributed by atoms with Crippen LogP contribution < -0.4 is 5.32 Å². The van der Waals surface area contributed by atoms with Crippen LogP contribution in [0.1, 0.15) is 40.7 Å². The van der Waals surface area contributed by atoms with Gasteiger partial charge in [0.15, 0.2) is 0 Å². The highest BCUT2D eigenvalue weighted by atomic mass is 16.3. The lowest BCUT2D eigenvalue weighted by Crippen LogP contribution is -2.30. The van der Waals surface area contributed by atoms with Gasteiger partial charge in [0.05, 0.1) is 12.3 Å². The van der Waals surface area contributed by atoms with E-state index < -0.39 is 0 Å². The Morgan fingerprint density at radius 1 is 1.53 bits per heavy atom. The maximum Gasteiger partial charge on any atom is 0.269 e. The third kappa shape index (κ3) is 1.84. The minimum absolute atomic E-state index is 0.0494. The maximum absolute atomic E-state index is 11.9. The second-order valence-electron chi connectivity index (χ2n) is 4.19. The number of aromatic nitrogens is 2. The van der Waals surface area contributed by atoms with Crippen molar-refractivity contribution in [1.82, 2.24) is 15.5 Å². The van der Waals surface area contributed by atoms with Gasteiger partial charge in [0, 0.05) is 18.2 Å². The van der Waals surface area contributed by atoms with Gasteiger partial charge in [-0.05, 0) is 25.0 Å². The van der Waals surface area contributed by atoms with E-state index in [4.69, 9.17) is 4.42 Å². The van der Waals surface area contributed by atoms with Gasteiger partial charge >= 0.3 is 0 Å². The topological polar surface area (TPSA) is 70.9 Å². The van der Waals surface area contributed by atoms with Crippen molar-refractivity contribution in [1.29, 1.82) is 0 Å². The predicted molar refractivity (Wildman–Crippen MR) is 60.4 cm³/mol. The van der Waals surface area contributed by atoms with Gasteiger partial charge < -0.3 is 9.73 Å². The van der Waals surface area contributed by atoms with E-state index in [9.17, 15) is 4.79 Å². The van der Waals surface area contributed by atoms with Crippen LogP contribution in [0.2, 0.25) is 0 Å². The Labute approximate surface area is 98.2 Å². The van der Waals surface area contributed by atoms with Crippen molar-refractivity contribution >= 4 is 5.91 Å². The third-order valence-corrected chi connectivity index (χ3v) is 3.10. The quantitative estimate of drug-likeness (QED) is 0.828. The van der Waals surface area contributed by atoms with Crippen LogP contribution in [0.5, 0.6) is 0 Å². The summed E-state index contributed by atoms with van der Waals surface area (Å²) in [7, 11) is 0. The molecule has 17 heavy (non-hydrogen) atoms. The van der Waals surface area contributed by atoms with E-state index in [0.717, 1.165) is 30.6 Å². The average molecular weight is 231 g/mol. The number of H-pyrrole nitrogens is 1. The Morgan fingerprint density at radius 3 is 3.29 bits per heavy atom. The standard InChI is InChI=1S/C12H13N3O2/c16-12(10-4-6-13-15-10)14-9-2-1-3-11-8(9)5-7-17-11/h4-7,9H,1-3H2,(H,13,15)(H,14,16)/t9-/m1/s1. The summed E-state index contributed by atoms with van der Waals surface area (Å²) in [5, 5.41) is 9.42. The molecular weight excluding hydrogens is 218 g/mol. The van der Waals surface area contributed by atoms with E-state index in [2.05, 4.69) is 15.5 Å². The molecule has 0 unspecified atom stereocenters. The van der Waals surface area contributed by atoms with Gasteiger partial charge in [-0.1, -0.05) is 0 Å². The molecule has 0 aromatic carbocycles. The molecule has 0 radical (unpaired) electrons. The summed E-state index contributed by atoms with van der Waals surface area (Å²) in [6, 6.07) is 3.65. The summed E-state index contributed by atoms with van der Waals surface area (Å²) in [5.41, 5.74) is 1.59. The minimum Gasteiger partial charge on any atom is -0.469 e. The fraction of sp³-hybridized carbons (Fsp3) is 0.333. The van der Waals surface area contributed by atoms with Crippen LogP contribution in [-0.2, 0) is 6.42 Å². The van der Waals surface area contributed by atoms with Crippen LogP contribution >= 0.6 is 0 Å². The molecule has 0 spiro atoms. The molecule has 0 saturated carbocycles. The number of rotatable bonds is 2. The van der Waals surface area contributed by atoms with Crippen molar-refractivity contribution in [2.24, 2.45) is 0 Å². The summed E-state index contributed by atoms with van der Waals surface area (Å²) >= 11 is 0. The molecule has 3 rings (SSSR count). The molecule has 1 amide bonds. The largest absolute Gasteiger partial charge is 0.469 e. The Kier molecular flexibility index (Phi) is 2.44. The summed E-state index contributed by atoms with van der Waals surface area (Å²) in [6.45, 7) is 0. The third-order valence-electron chi connectivity index (χ3n) is 3.10. The summed E-state index contributed by atoms with van der Waals surface area (Å²) < 4.78 is 5.39. The molecule has 1 aliphatic rings. The molecule has 2 heterocycles. The molecule has 0 saturated heterocycles. The Balaban J connectivity index is 1.77. The fourth-order valence-corrected chi connectivity index (χ4v) is 2.25. The molecule has 2 aromatic rings. The Morgan fingerprint density at radius 2 is 2.47 bits per heavy atom. The number of hydrogen-bond acceptors (Lipinski definition) is 3. The average Bonchev–Trinajstić information content (AvgIpc) is 3.00. The lowest BCUT2D eigenvalue weighted by Gasteiger charge is -2.22. The number of hydrogen-bond donors (Lipinski definition) is 2. The van der Waals surface area contributed by atoms with E-state index in [-0.39, 0.29) is 11.9 Å². The zero-order valence-electron chi connectivity index (χ0n) is 9.27. The monoisotopic (exact) mass is 231 g/mol. The number of carbonyl (C=O) groups is 1. The molecule has 5 nitrogen and oxygen atoms in total. The molecular formula is C12H13N3O2. The maximum atomic E-state index is 11.9. The van der Waals surface area contributed by atoms with Gasteiger partial charge in [-0.3, -0.25) is 9.89 Å². The molecule has 2 N–H and O–H groups in total. The molecule has 1 atom stereocenters. The van der Waals surface area contributed by atoms with Gasteiger partial charge in [-0.25, -0.2) is 0 Å². The lowest BCUT2D eigenvalue weighted by molar-refractivity contribution is 0.0927. The van der Waals surface area contributed by atoms with Crippen LogP contribution in [0.15, 0.2) is 29.0 Å². The summed E-state index contributed by atoms with van der Waals surface area (Å²) in [4.78, 5) is 11.9. The van der Waals surface area contributed by atoms with Crippen molar-refractivity contribution in [3.8, 4) is 0 Å². The van der Waals surface area contributed by atoms with Crippen molar-refractivity contribution in [3.05, 3.63) is 41.6 Å². The van der Waals surface area contributed by atoms with Crippen molar-refractivity contribution in [3.63, 3.8) is 0 Å². The summed E-state index contributed by atoms with van der Waals surface area (Å²) in [6.07, 6.45) is 6.20. The number of amides is 1. The second kappa shape index (κ2) is 4.08. The zero-order chi connectivity index (χ0) is 11.7. The first-order chi connectivity index (χ1) is 8.34. The number of fused-ring (bicyclic) bond motifs is 1.